The fraction of sp³-hybridized carbons (Fsp3) is 0.100. The van der Waals surface area contributed by atoms with Gasteiger partial charge in [0.25, 0.3) is 5.91 Å². The molecule has 1 fully saturated rings. The molecule has 0 radical (unpaired) electrons. The highest BCUT2D eigenvalue weighted by Gasteiger charge is 2.33. The molecule has 1 aliphatic heterocycles. The number of anilines is 1. The molecule has 0 N–H and O–H groups in total. The number of nitrogens with zero attached hydrogens (tertiary/aromatic N) is 2. The number of carbonyl (C=O) groups is 1. The van der Waals surface area contributed by atoms with E-state index in [-0.39, 0.29) is 10.9 Å². The molecule has 2 heterocycles. The highest BCUT2D eigenvalue weighted by atomic mass is 35.5. The highest BCUT2D eigenvalue weighted by molar-refractivity contribution is 8.27. The normalized spacial score (nSPS) is 16.1. The lowest BCUT2D eigenvalue weighted by molar-refractivity contribution is -0.113. The molecule has 3 nitrogen and oxygen atoms in total. The third kappa shape index (κ3) is 3.18. The molecule has 0 bridgehead atoms. The van der Waals surface area contributed by atoms with E-state index in [0.717, 1.165) is 23.0 Å². The molecule has 2 aromatic carbocycles. The van der Waals surface area contributed by atoms with Crippen LogP contribution in [0, 0.1) is 5.82 Å². The number of halogens is 2. The number of thioether (sulfide) groups is 1. The van der Waals surface area contributed by atoms with Gasteiger partial charge >= 0.3 is 0 Å². The lowest BCUT2D eigenvalue weighted by atomic mass is 10.1. The van der Waals surface area contributed by atoms with Crippen LogP contribution >= 0.6 is 35.6 Å². The second-order valence-corrected chi connectivity index (χ2v) is 8.09. The predicted molar refractivity (Wildman–Crippen MR) is 115 cm³/mol. The van der Waals surface area contributed by atoms with Gasteiger partial charge < -0.3 is 4.57 Å². The summed E-state index contributed by atoms with van der Waals surface area (Å²) in [6.07, 6.45) is 3.89. The molecule has 0 aliphatic carbocycles. The first-order valence-electron chi connectivity index (χ1n) is 8.30. The van der Waals surface area contributed by atoms with E-state index in [4.69, 9.17) is 23.8 Å². The van der Waals surface area contributed by atoms with Crippen molar-refractivity contribution >= 4 is 68.5 Å². The summed E-state index contributed by atoms with van der Waals surface area (Å²) in [6.45, 7) is 2.91. The maximum atomic E-state index is 13.4. The van der Waals surface area contributed by atoms with Crippen molar-refractivity contribution in [2.75, 3.05) is 4.90 Å². The van der Waals surface area contributed by atoms with Crippen LogP contribution < -0.4 is 4.90 Å². The smallest absolute Gasteiger partial charge is 0.270 e. The van der Waals surface area contributed by atoms with E-state index < -0.39 is 5.82 Å². The number of fused-ring (bicyclic) bond motifs is 1. The lowest BCUT2D eigenvalue weighted by Gasteiger charge is -2.14. The zero-order valence-corrected chi connectivity index (χ0v) is 16.7. The van der Waals surface area contributed by atoms with Gasteiger partial charge in [-0.05, 0) is 37.3 Å². The minimum Gasteiger partial charge on any atom is -0.347 e. The number of aryl methyl sites for hydroxylation is 1. The second kappa shape index (κ2) is 7.11. The molecule has 4 rings (SSSR count). The van der Waals surface area contributed by atoms with Crippen LogP contribution in [0.5, 0.6) is 0 Å². The Morgan fingerprint density at radius 1 is 1.26 bits per heavy atom. The number of hydrogen-bond acceptors (Lipinski definition) is 3. The quantitative estimate of drug-likeness (QED) is 0.395. The fourth-order valence-electron chi connectivity index (χ4n) is 3.11. The molecule has 136 valence electrons. The summed E-state index contributed by atoms with van der Waals surface area (Å²) >= 11 is 12.5. The van der Waals surface area contributed by atoms with E-state index in [0.29, 0.717) is 14.9 Å². The average molecular weight is 417 g/mol. The van der Waals surface area contributed by atoms with E-state index in [2.05, 4.69) is 17.6 Å². The van der Waals surface area contributed by atoms with E-state index in [1.165, 1.54) is 34.9 Å². The molecule has 3 aromatic rings. The van der Waals surface area contributed by atoms with Crippen LogP contribution in [0.15, 0.2) is 53.6 Å². The molecular formula is C20H14ClFN2OS2. The SMILES string of the molecule is CCn1cc(/C=C2\SC(=S)N(c3ccc(F)c(Cl)c3)C2=O)c2ccccc21. The Hall–Kier alpha value is -2.15. The zero-order chi connectivity index (χ0) is 19.1. The third-order valence-electron chi connectivity index (χ3n) is 4.40. The third-order valence-corrected chi connectivity index (χ3v) is 5.99. The summed E-state index contributed by atoms with van der Waals surface area (Å²) in [4.78, 5) is 14.8. The van der Waals surface area contributed by atoms with Crippen molar-refractivity contribution in [1.82, 2.24) is 4.57 Å². The Kier molecular flexibility index (Phi) is 4.80. The van der Waals surface area contributed by atoms with E-state index in [1.54, 1.807) is 0 Å². The van der Waals surface area contributed by atoms with E-state index >= 15 is 0 Å². The van der Waals surface area contributed by atoms with Crippen molar-refractivity contribution in [3.63, 3.8) is 0 Å². The van der Waals surface area contributed by atoms with Crippen LogP contribution in [-0.2, 0) is 11.3 Å². The van der Waals surface area contributed by atoms with Crippen LogP contribution in [0.4, 0.5) is 10.1 Å². The maximum absolute atomic E-state index is 13.4. The Morgan fingerprint density at radius 3 is 2.78 bits per heavy atom. The number of benzene rings is 2. The van der Waals surface area contributed by atoms with Gasteiger partial charge in [0.2, 0.25) is 0 Å². The van der Waals surface area contributed by atoms with Gasteiger partial charge in [-0.3, -0.25) is 9.69 Å². The Labute approximate surface area is 170 Å². The molecule has 1 aliphatic rings. The minimum absolute atomic E-state index is 0.0449. The van der Waals surface area contributed by atoms with Gasteiger partial charge in [0, 0.05) is 29.2 Å². The van der Waals surface area contributed by atoms with Gasteiger partial charge in [0.1, 0.15) is 5.82 Å². The molecule has 1 amide bonds. The number of carbonyl (C=O) groups excluding carboxylic acids is 1. The van der Waals surface area contributed by atoms with Gasteiger partial charge in [0.05, 0.1) is 15.6 Å². The van der Waals surface area contributed by atoms with Crippen LogP contribution in [0.1, 0.15) is 12.5 Å². The van der Waals surface area contributed by atoms with Gasteiger partial charge in [-0.15, -0.1) is 0 Å². The molecule has 1 aromatic heterocycles. The highest BCUT2D eigenvalue weighted by Crippen LogP contribution is 2.38. The van der Waals surface area contributed by atoms with Crippen LogP contribution in [0.2, 0.25) is 5.02 Å². The number of para-hydroxylation sites is 1. The van der Waals surface area contributed by atoms with Crippen LogP contribution in [0.3, 0.4) is 0 Å². The standard InChI is InChI=1S/C20H14ClFN2OS2/c1-2-23-11-12(14-5-3-4-6-17(14)23)9-18-19(25)24(20(26)27-18)13-7-8-16(22)15(21)10-13/h3-11H,2H2,1H3/b18-9-. The number of hydrogen-bond donors (Lipinski definition) is 0. The van der Waals surface area contributed by atoms with Crippen molar-refractivity contribution in [3.05, 3.63) is 70.0 Å². The first-order valence-corrected chi connectivity index (χ1v) is 9.90. The van der Waals surface area contributed by atoms with Crippen LogP contribution in [-0.4, -0.2) is 14.8 Å². The van der Waals surface area contributed by atoms with Crippen LogP contribution in [0.25, 0.3) is 17.0 Å². The summed E-state index contributed by atoms with van der Waals surface area (Å²) in [5.41, 5.74) is 2.54. The number of aromatic nitrogens is 1. The Balaban J connectivity index is 1.75. The number of rotatable bonds is 3. The first-order chi connectivity index (χ1) is 13.0. The predicted octanol–water partition coefficient (Wildman–Crippen LogP) is 5.86. The molecule has 0 saturated carbocycles. The van der Waals surface area contributed by atoms with Crippen molar-refractivity contribution in [3.8, 4) is 0 Å². The van der Waals surface area contributed by atoms with Crippen molar-refractivity contribution in [2.24, 2.45) is 0 Å². The molecule has 1 saturated heterocycles. The van der Waals surface area contributed by atoms with Crippen molar-refractivity contribution < 1.29 is 9.18 Å². The maximum Gasteiger partial charge on any atom is 0.270 e. The van der Waals surface area contributed by atoms with Crippen molar-refractivity contribution in [1.29, 1.82) is 0 Å². The minimum atomic E-state index is -0.534. The average Bonchev–Trinajstić information content (AvgIpc) is 3.15. The summed E-state index contributed by atoms with van der Waals surface area (Å²) < 4.78 is 16.0. The Morgan fingerprint density at radius 2 is 2.04 bits per heavy atom. The largest absolute Gasteiger partial charge is 0.347 e. The zero-order valence-electron chi connectivity index (χ0n) is 14.3. The second-order valence-electron chi connectivity index (χ2n) is 6.00. The first kappa shape index (κ1) is 18.2. The fourth-order valence-corrected chi connectivity index (χ4v) is 4.57. The number of amides is 1. The molecule has 27 heavy (non-hydrogen) atoms. The molecule has 0 spiro atoms. The van der Waals surface area contributed by atoms with Crippen molar-refractivity contribution in [2.45, 2.75) is 13.5 Å². The van der Waals surface area contributed by atoms with Gasteiger partial charge in [0.15, 0.2) is 4.32 Å². The number of thiocarbonyl (C=S) groups is 1. The van der Waals surface area contributed by atoms with E-state index in [1.807, 2.05) is 30.5 Å². The summed E-state index contributed by atoms with van der Waals surface area (Å²) in [7, 11) is 0. The summed E-state index contributed by atoms with van der Waals surface area (Å²) in [5.74, 6) is -0.769. The van der Waals surface area contributed by atoms with Gasteiger partial charge in [-0.25, -0.2) is 4.39 Å². The summed E-state index contributed by atoms with van der Waals surface area (Å²) in [6, 6.07) is 12.2. The van der Waals surface area contributed by atoms with E-state index in [9.17, 15) is 9.18 Å². The monoisotopic (exact) mass is 416 g/mol. The molecular weight excluding hydrogens is 403 g/mol. The Bertz CT molecular complexity index is 1120. The summed E-state index contributed by atoms with van der Waals surface area (Å²) in [5, 5.41) is 1.03. The molecule has 0 unspecified atom stereocenters. The molecule has 0 atom stereocenters. The lowest BCUT2D eigenvalue weighted by Crippen LogP contribution is -2.27. The molecule has 7 heteroatoms. The topological polar surface area (TPSA) is 25.2 Å². The van der Waals surface area contributed by atoms with Gasteiger partial charge in [-0.1, -0.05) is 53.8 Å². The van der Waals surface area contributed by atoms with Gasteiger partial charge in [-0.2, -0.15) is 0 Å².